The van der Waals surface area contributed by atoms with Crippen LogP contribution in [0.25, 0.3) is 0 Å². The van der Waals surface area contributed by atoms with Crippen molar-refractivity contribution in [2.45, 2.75) is 13.0 Å². The van der Waals surface area contributed by atoms with E-state index in [0.29, 0.717) is 10.2 Å². The molecule has 0 bridgehead atoms. The molecule has 6 heteroatoms. The van der Waals surface area contributed by atoms with E-state index in [2.05, 4.69) is 26.5 Å². The molecular formula is C16H15BrN2O3. The van der Waals surface area contributed by atoms with E-state index in [0.717, 1.165) is 11.3 Å². The molecule has 22 heavy (non-hydrogen) atoms. The Hall–Kier alpha value is -2.34. The fourth-order valence-electron chi connectivity index (χ4n) is 1.63. The summed E-state index contributed by atoms with van der Waals surface area (Å²) < 4.78 is 6.00. The number of halogens is 1. The van der Waals surface area contributed by atoms with Gasteiger partial charge in [-0.25, -0.2) is 4.79 Å². The van der Waals surface area contributed by atoms with Gasteiger partial charge in [0.2, 0.25) is 0 Å². The van der Waals surface area contributed by atoms with Crippen LogP contribution in [0, 0.1) is 0 Å². The van der Waals surface area contributed by atoms with E-state index in [1.165, 1.54) is 6.92 Å². The van der Waals surface area contributed by atoms with Gasteiger partial charge in [-0.2, -0.15) is 5.10 Å². The maximum atomic E-state index is 10.8. The summed E-state index contributed by atoms with van der Waals surface area (Å²) in [7, 11) is 0. The number of nitrogens with one attached hydrogen (secondary N) is 1. The van der Waals surface area contributed by atoms with Gasteiger partial charge >= 0.3 is 5.97 Å². The third-order valence-electron chi connectivity index (χ3n) is 2.79. The van der Waals surface area contributed by atoms with Crippen LogP contribution < -0.4 is 10.2 Å². The smallest absolute Gasteiger partial charge is 0.344 e. The van der Waals surface area contributed by atoms with Gasteiger partial charge < -0.3 is 9.84 Å². The Kier molecular flexibility index (Phi) is 5.55. The molecule has 0 fully saturated rings. The van der Waals surface area contributed by atoms with Crippen LogP contribution in [0.15, 0.2) is 58.1 Å². The molecule has 0 aliphatic heterocycles. The molecule has 0 aliphatic carbocycles. The Balaban J connectivity index is 2.01. The fraction of sp³-hybridized carbons (Fsp3) is 0.125. The van der Waals surface area contributed by atoms with Gasteiger partial charge in [-0.15, -0.1) is 0 Å². The monoisotopic (exact) mass is 362 g/mol. The molecule has 2 N–H and O–H groups in total. The molecule has 1 atom stereocenters. The van der Waals surface area contributed by atoms with Gasteiger partial charge in [0, 0.05) is 0 Å². The number of hydrazone groups is 1. The number of carboxylic acid groups (broad SMARTS) is 1. The predicted octanol–water partition coefficient (Wildman–Crippen LogP) is 3.75. The highest BCUT2D eigenvalue weighted by Gasteiger charge is 2.14. The van der Waals surface area contributed by atoms with Crippen molar-refractivity contribution >= 4 is 33.8 Å². The highest BCUT2D eigenvalue weighted by Crippen LogP contribution is 2.26. The summed E-state index contributed by atoms with van der Waals surface area (Å²) in [4.78, 5) is 10.8. The van der Waals surface area contributed by atoms with Crippen LogP contribution in [0.5, 0.6) is 5.75 Å². The highest BCUT2D eigenvalue weighted by molar-refractivity contribution is 9.10. The van der Waals surface area contributed by atoms with Gasteiger partial charge in [0.25, 0.3) is 0 Å². The van der Waals surface area contributed by atoms with Crippen LogP contribution in [-0.2, 0) is 4.79 Å². The Bertz CT molecular complexity index is 674. The molecule has 0 heterocycles. The number of aliphatic carboxylic acids is 1. The van der Waals surface area contributed by atoms with Gasteiger partial charge in [0.15, 0.2) is 6.10 Å². The molecule has 1 unspecified atom stereocenters. The minimum absolute atomic E-state index is 0.475. The number of carbonyl (C=O) groups is 1. The molecule has 0 saturated carbocycles. The van der Waals surface area contributed by atoms with Gasteiger partial charge in [0.1, 0.15) is 5.75 Å². The second-order valence-corrected chi connectivity index (χ2v) is 5.38. The number of carboxylic acids is 1. The molecule has 0 aliphatic rings. The van der Waals surface area contributed by atoms with Gasteiger partial charge in [-0.1, -0.05) is 18.2 Å². The summed E-state index contributed by atoms with van der Waals surface area (Å²) in [6.07, 6.45) is 0.762. The van der Waals surface area contributed by atoms with E-state index in [-0.39, 0.29) is 0 Å². The maximum Gasteiger partial charge on any atom is 0.344 e. The summed E-state index contributed by atoms with van der Waals surface area (Å²) in [5, 5.41) is 13.0. The molecule has 5 nitrogen and oxygen atoms in total. The molecule has 0 saturated heterocycles. The van der Waals surface area contributed by atoms with Crippen LogP contribution in [0.3, 0.4) is 0 Å². The van der Waals surface area contributed by atoms with E-state index < -0.39 is 12.1 Å². The van der Waals surface area contributed by atoms with Crippen LogP contribution in [0.1, 0.15) is 12.5 Å². The zero-order valence-corrected chi connectivity index (χ0v) is 13.4. The maximum absolute atomic E-state index is 10.8. The second kappa shape index (κ2) is 7.61. The number of benzene rings is 2. The number of hydrogen-bond acceptors (Lipinski definition) is 4. The van der Waals surface area contributed by atoms with Gasteiger partial charge in [-0.3, -0.25) is 5.43 Å². The molecule has 2 rings (SSSR count). The minimum atomic E-state index is -1.01. The largest absolute Gasteiger partial charge is 0.479 e. The molecule has 2 aromatic carbocycles. The van der Waals surface area contributed by atoms with Crippen molar-refractivity contribution in [3.05, 3.63) is 58.6 Å². The zero-order valence-electron chi connectivity index (χ0n) is 11.9. The lowest BCUT2D eigenvalue weighted by atomic mass is 10.2. The lowest BCUT2D eigenvalue weighted by Gasteiger charge is -2.12. The number of ether oxygens (including phenoxy) is 1. The van der Waals surface area contributed by atoms with Crippen molar-refractivity contribution in [1.82, 2.24) is 0 Å². The van der Waals surface area contributed by atoms with Crippen molar-refractivity contribution in [1.29, 1.82) is 0 Å². The van der Waals surface area contributed by atoms with Crippen LogP contribution in [0.2, 0.25) is 0 Å². The van der Waals surface area contributed by atoms with E-state index in [1.54, 1.807) is 24.4 Å². The summed E-state index contributed by atoms with van der Waals surface area (Å²) in [6, 6.07) is 14.9. The highest BCUT2D eigenvalue weighted by atomic mass is 79.9. The summed E-state index contributed by atoms with van der Waals surface area (Å²) >= 11 is 3.36. The first-order valence-electron chi connectivity index (χ1n) is 6.59. The molecule has 2 aromatic rings. The first kappa shape index (κ1) is 16.0. The predicted molar refractivity (Wildman–Crippen MR) is 89.5 cm³/mol. The van der Waals surface area contributed by atoms with E-state index in [9.17, 15) is 4.79 Å². The third-order valence-corrected chi connectivity index (χ3v) is 3.41. The molecule has 0 radical (unpaired) electrons. The summed E-state index contributed by atoms with van der Waals surface area (Å²) in [6.45, 7) is 1.48. The standard InChI is InChI=1S/C16H15BrN2O3/c1-11(16(20)21)22-15-8-7-12(9-14(15)17)10-18-19-13-5-3-2-4-6-13/h2-11,19H,1H3,(H,20,21). The van der Waals surface area contributed by atoms with Crippen molar-refractivity contribution in [3.8, 4) is 5.75 Å². The van der Waals surface area contributed by atoms with Crippen LogP contribution in [-0.4, -0.2) is 23.4 Å². The molecular weight excluding hydrogens is 348 g/mol. The lowest BCUT2D eigenvalue weighted by molar-refractivity contribution is -0.144. The number of nitrogens with zero attached hydrogens (tertiary/aromatic N) is 1. The third kappa shape index (κ3) is 4.60. The Morgan fingerprint density at radius 3 is 2.68 bits per heavy atom. The first-order valence-corrected chi connectivity index (χ1v) is 7.38. The van der Waals surface area contributed by atoms with E-state index in [1.807, 2.05) is 30.3 Å². The van der Waals surface area contributed by atoms with Crippen molar-refractivity contribution < 1.29 is 14.6 Å². The molecule has 0 spiro atoms. The summed E-state index contributed by atoms with van der Waals surface area (Å²) in [5.41, 5.74) is 4.67. The SMILES string of the molecule is CC(Oc1ccc(C=NNc2ccccc2)cc1Br)C(=O)O. The molecule has 114 valence electrons. The Labute approximate surface area is 136 Å². The Morgan fingerprint density at radius 2 is 2.05 bits per heavy atom. The first-order chi connectivity index (χ1) is 10.6. The number of rotatable bonds is 6. The number of para-hydroxylation sites is 1. The quantitative estimate of drug-likeness (QED) is 0.606. The van der Waals surface area contributed by atoms with Crippen molar-refractivity contribution in [2.24, 2.45) is 5.10 Å². The fourth-order valence-corrected chi connectivity index (χ4v) is 2.12. The normalized spacial score (nSPS) is 12.1. The van der Waals surface area contributed by atoms with Crippen molar-refractivity contribution in [3.63, 3.8) is 0 Å². The molecule has 0 aromatic heterocycles. The number of anilines is 1. The van der Waals surface area contributed by atoms with E-state index in [4.69, 9.17) is 9.84 Å². The average Bonchev–Trinajstić information content (AvgIpc) is 2.51. The van der Waals surface area contributed by atoms with E-state index >= 15 is 0 Å². The topological polar surface area (TPSA) is 70.9 Å². The van der Waals surface area contributed by atoms with Crippen LogP contribution >= 0.6 is 15.9 Å². The number of hydrogen-bond donors (Lipinski definition) is 2. The summed E-state index contributed by atoms with van der Waals surface area (Å²) in [5.74, 6) is -0.535. The minimum Gasteiger partial charge on any atom is -0.479 e. The second-order valence-electron chi connectivity index (χ2n) is 4.52. The van der Waals surface area contributed by atoms with Gasteiger partial charge in [-0.05, 0) is 58.7 Å². The lowest BCUT2D eigenvalue weighted by Crippen LogP contribution is -2.23. The zero-order chi connectivity index (χ0) is 15.9. The van der Waals surface area contributed by atoms with Gasteiger partial charge in [0.05, 0.1) is 16.4 Å². The van der Waals surface area contributed by atoms with Crippen LogP contribution in [0.4, 0.5) is 5.69 Å². The Morgan fingerprint density at radius 1 is 1.32 bits per heavy atom. The van der Waals surface area contributed by atoms with Crippen molar-refractivity contribution in [2.75, 3.05) is 5.43 Å². The molecule has 0 amide bonds. The average molecular weight is 363 g/mol.